The molecule has 1 aromatic carbocycles. The molecule has 6 nitrogen and oxygen atoms in total. The maximum Gasteiger partial charge on any atom is 0.271 e. The van der Waals surface area contributed by atoms with Crippen LogP contribution in [0.2, 0.25) is 10.0 Å². The number of rotatable bonds is 7. The molecule has 0 radical (unpaired) electrons. The van der Waals surface area contributed by atoms with E-state index in [1.54, 1.807) is 25.3 Å². The van der Waals surface area contributed by atoms with Crippen LogP contribution < -0.4 is 10.6 Å². The molecule has 0 bridgehead atoms. The van der Waals surface area contributed by atoms with Crippen LogP contribution >= 0.6 is 23.2 Å². The zero-order chi connectivity index (χ0) is 16.7. The fourth-order valence-corrected chi connectivity index (χ4v) is 2.20. The number of amides is 1. The number of hydrogen-bond donors (Lipinski definition) is 2. The Morgan fingerprint density at radius 1 is 1.26 bits per heavy atom. The number of ether oxygens (including phenoxy) is 1. The molecule has 2 aromatic rings. The molecule has 2 N–H and O–H groups in total. The van der Waals surface area contributed by atoms with Crippen LogP contribution in [0, 0.1) is 0 Å². The smallest absolute Gasteiger partial charge is 0.271 e. The lowest BCUT2D eigenvalue weighted by Crippen LogP contribution is -2.26. The molecular weight excluding hydrogens is 339 g/mol. The molecule has 122 valence electrons. The number of nitrogens with zero attached hydrogens (tertiary/aromatic N) is 2. The van der Waals surface area contributed by atoms with Crippen LogP contribution in [0.15, 0.2) is 30.6 Å². The van der Waals surface area contributed by atoms with Crippen molar-refractivity contribution in [3.8, 4) is 0 Å². The molecule has 0 aliphatic rings. The first kappa shape index (κ1) is 17.5. The summed E-state index contributed by atoms with van der Waals surface area (Å²) in [4.78, 5) is 20.1. The number of methoxy groups -OCH3 is 1. The van der Waals surface area contributed by atoms with Crippen LogP contribution in [0.4, 0.5) is 11.5 Å². The van der Waals surface area contributed by atoms with Crippen LogP contribution in [-0.4, -0.2) is 36.1 Å². The van der Waals surface area contributed by atoms with Gasteiger partial charge in [0.25, 0.3) is 5.91 Å². The molecule has 1 amide bonds. The summed E-state index contributed by atoms with van der Waals surface area (Å²) in [5.41, 5.74) is 0.900. The Morgan fingerprint density at radius 2 is 2.09 bits per heavy atom. The Morgan fingerprint density at radius 3 is 2.74 bits per heavy atom. The molecule has 0 spiro atoms. The summed E-state index contributed by atoms with van der Waals surface area (Å²) in [5, 5.41) is 6.77. The Kier molecular flexibility index (Phi) is 6.58. The van der Waals surface area contributed by atoms with Gasteiger partial charge in [-0.15, -0.1) is 0 Å². The summed E-state index contributed by atoms with van der Waals surface area (Å²) in [6.45, 7) is 1.12. The van der Waals surface area contributed by atoms with Crippen molar-refractivity contribution in [2.75, 3.05) is 25.6 Å². The monoisotopic (exact) mass is 354 g/mol. The van der Waals surface area contributed by atoms with E-state index in [0.29, 0.717) is 34.7 Å². The van der Waals surface area contributed by atoms with Gasteiger partial charge in [0.2, 0.25) is 0 Å². The second-order valence-corrected chi connectivity index (χ2v) is 5.48. The molecule has 0 fully saturated rings. The molecule has 0 aliphatic heterocycles. The number of aromatic nitrogens is 2. The van der Waals surface area contributed by atoms with E-state index >= 15 is 0 Å². The maximum atomic E-state index is 11.9. The third-order valence-electron chi connectivity index (χ3n) is 2.89. The minimum Gasteiger partial charge on any atom is -0.385 e. The Hall–Kier alpha value is -1.89. The molecule has 8 heteroatoms. The van der Waals surface area contributed by atoms with Gasteiger partial charge in [0, 0.05) is 25.3 Å². The molecular formula is C15H16Cl2N4O2. The SMILES string of the molecule is COCCCNC(=O)c1cnc(Nc2ccc(Cl)cc2Cl)cn1. The van der Waals surface area contributed by atoms with Crippen molar-refractivity contribution < 1.29 is 9.53 Å². The molecule has 0 saturated heterocycles. The van der Waals surface area contributed by atoms with E-state index in [2.05, 4.69) is 20.6 Å². The average molecular weight is 355 g/mol. The zero-order valence-electron chi connectivity index (χ0n) is 12.5. The second kappa shape index (κ2) is 8.67. The van der Waals surface area contributed by atoms with Crippen molar-refractivity contribution >= 4 is 40.6 Å². The van der Waals surface area contributed by atoms with Gasteiger partial charge < -0.3 is 15.4 Å². The molecule has 0 aliphatic carbocycles. The summed E-state index contributed by atoms with van der Waals surface area (Å²) in [6.07, 6.45) is 3.61. The van der Waals surface area contributed by atoms with Gasteiger partial charge in [-0.25, -0.2) is 9.97 Å². The van der Waals surface area contributed by atoms with Gasteiger partial charge in [0.15, 0.2) is 0 Å². The van der Waals surface area contributed by atoms with Crippen molar-refractivity contribution in [3.63, 3.8) is 0 Å². The first-order valence-corrected chi connectivity index (χ1v) is 7.67. The number of hydrogen-bond acceptors (Lipinski definition) is 5. The molecule has 0 atom stereocenters. The minimum atomic E-state index is -0.273. The van der Waals surface area contributed by atoms with Gasteiger partial charge in [-0.1, -0.05) is 23.2 Å². The largest absolute Gasteiger partial charge is 0.385 e. The summed E-state index contributed by atoms with van der Waals surface area (Å²) < 4.78 is 4.91. The van der Waals surface area contributed by atoms with Gasteiger partial charge in [0.1, 0.15) is 11.5 Å². The lowest BCUT2D eigenvalue weighted by atomic mass is 10.3. The molecule has 2 rings (SSSR count). The third kappa shape index (κ3) is 5.35. The van der Waals surface area contributed by atoms with Crippen LogP contribution in [0.3, 0.4) is 0 Å². The number of nitrogens with one attached hydrogen (secondary N) is 2. The van der Waals surface area contributed by atoms with Crippen molar-refractivity contribution in [3.05, 3.63) is 46.3 Å². The molecule has 23 heavy (non-hydrogen) atoms. The minimum absolute atomic E-state index is 0.246. The number of anilines is 2. The number of carbonyl (C=O) groups excluding carboxylic acids is 1. The maximum absolute atomic E-state index is 11.9. The van der Waals surface area contributed by atoms with E-state index in [4.69, 9.17) is 27.9 Å². The van der Waals surface area contributed by atoms with E-state index in [0.717, 1.165) is 6.42 Å². The Balaban J connectivity index is 1.95. The molecule has 1 heterocycles. The highest BCUT2D eigenvalue weighted by atomic mass is 35.5. The Labute approximate surface area is 144 Å². The van der Waals surface area contributed by atoms with Crippen LogP contribution in [0.5, 0.6) is 0 Å². The second-order valence-electron chi connectivity index (χ2n) is 4.64. The van der Waals surface area contributed by atoms with Crippen molar-refractivity contribution in [2.24, 2.45) is 0 Å². The van der Waals surface area contributed by atoms with Gasteiger partial charge in [0.05, 0.1) is 23.1 Å². The Bertz CT molecular complexity index is 665. The third-order valence-corrected chi connectivity index (χ3v) is 3.44. The van der Waals surface area contributed by atoms with E-state index in [-0.39, 0.29) is 11.6 Å². The van der Waals surface area contributed by atoms with Gasteiger partial charge in [-0.3, -0.25) is 4.79 Å². The average Bonchev–Trinajstić information content (AvgIpc) is 2.55. The highest BCUT2D eigenvalue weighted by Crippen LogP contribution is 2.27. The normalized spacial score (nSPS) is 10.4. The van der Waals surface area contributed by atoms with Crippen LogP contribution in [0.25, 0.3) is 0 Å². The quantitative estimate of drug-likeness (QED) is 0.746. The van der Waals surface area contributed by atoms with Crippen molar-refractivity contribution in [1.82, 2.24) is 15.3 Å². The van der Waals surface area contributed by atoms with Crippen LogP contribution in [0.1, 0.15) is 16.9 Å². The lowest BCUT2D eigenvalue weighted by molar-refractivity contribution is 0.0943. The summed E-state index contributed by atoms with van der Waals surface area (Å²) >= 11 is 11.9. The predicted molar refractivity (Wildman–Crippen MR) is 90.6 cm³/mol. The van der Waals surface area contributed by atoms with E-state index in [1.165, 1.54) is 12.4 Å². The first-order chi connectivity index (χ1) is 11.1. The van der Waals surface area contributed by atoms with E-state index < -0.39 is 0 Å². The first-order valence-electron chi connectivity index (χ1n) is 6.91. The highest BCUT2D eigenvalue weighted by molar-refractivity contribution is 6.36. The highest BCUT2D eigenvalue weighted by Gasteiger charge is 2.08. The fraction of sp³-hybridized carbons (Fsp3) is 0.267. The van der Waals surface area contributed by atoms with Gasteiger partial charge >= 0.3 is 0 Å². The summed E-state index contributed by atoms with van der Waals surface area (Å²) in [6, 6.07) is 5.08. The lowest BCUT2D eigenvalue weighted by Gasteiger charge is -2.08. The van der Waals surface area contributed by atoms with E-state index in [9.17, 15) is 4.79 Å². The molecule has 0 saturated carbocycles. The van der Waals surface area contributed by atoms with E-state index in [1.807, 2.05) is 0 Å². The molecule has 1 aromatic heterocycles. The van der Waals surface area contributed by atoms with Gasteiger partial charge in [-0.05, 0) is 24.6 Å². The molecule has 0 unspecified atom stereocenters. The number of carbonyl (C=O) groups is 1. The number of benzene rings is 1. The predicted octanol–water partition coefficient (Wildman–Crippen LogP) is 3.29. The summed E-state index contributed by atoms with van der Waals surface area (Å²) in [5.74, 6) is 0.204. The summed E-state index contributed by atoms with van der Waals surface area (Å²) in [7, 11) is 1.62. The zero-order valence-corrected chi connectivity index (χ0v) is 14.0. The topological polar surface area (TPSA) is 76.1 Å². The fourth-order valence-electron chi connectivity index (χ4n) is 1.75. The number of halogens is 2. The standard InChI is InChI=1S/C15H16Cl2N4O2/c1-23-6-2-5-18-15(22)13-8-20-14(9-19-13)21-12-4-3-10(16)7-11(12)17/h3-4,7-9H,2,5-6H2,1H3,(H,18,22)(H,20,21). The van der Waals surface area contributed by atoms with Crippen molar-refractivity contribution in [1.29, 1.82) is 0 Å². The van der Waals surface area contributed by atoms with Crippen LogP contribution in [-0.2, 0) is 4.74 Å². The van der Waals surface area contributed by atoms with Crippen molar-refractivity contribution in [2.45, 2.75) is 6.42 Å². The van der Waals surface area contributed by atoms with Gasteiger partial charge in [-0.2, -0.15) is 0 Å².